The van der Waals surface area contributed by atoms with Crippen LogP contribution in [0.3, 0.4) is 0 Å². The van der Waals surface area contributed by atoms with E-state index in [1.807, 2.05) is 24.3 Å². The second-order valence-corrected chi connectivity index (χ2v) is 14.8. The van der Waals surface area contributed by atoms with Crippen molar-refractivity contribution in [2.45, 2.75) is 54.2 Å². The number of tetrazole rings is 1. The van der Waals surface area contributed by atoms with Crippen LogP contribution in [-0.2, 0) is 35.0 Å². The molecular formula is C31H31ClN6O4S3. The summed E-state index contributed by atoms with van der Waals surface area (Å²) >= 11 is 9.20. The lowest BCUT2D eigenvalue weighted by Crippen LogP contribution is -2.14. The summed E-state index contributed by atoms with van der Waals surface area (Å²) in [4.78, 5) is 18.3. The molecule has 45 heavy (non-hydrogen) atoms. The molecule has 0 aliphatic carbocycles. The van der Waals surface area contributed by atoms with Gasteiger partial charge in [0.05, 0.1) is 22.0 Å². The van der Waals surface area contributed by atoms with Crippen molar-refractivity contribution < 1.29 is 17.9 Å². The Morgan fingerprint density at radius 3 is 2.69 bits per heavy atom. The Hall–Kier alpha value is -3.78. The Morgan fingerprint density at radius 1 is 1.07 bits per heavy atom. The number of amides is 1. The predicted molar refractivity (Wildman–Crippen MR) is 177 cm³/mol. The van der Waals surface area contributed by atoms with E-state index in [0.29, 0.717) is 46.4 Å². The molecule has 5 rings (SSSR count). The fourth-order valence-electron chi connectivity index (χ4n) is 4.44. The SMILES string of the molecule is CCCc1csc(SCc2cccc(C(=O)Nc3cc(CCCS(=O)(=O)c4ccc(Cl)cc4)ccc3OCc3nnn[nH]3)c2)n1. The van der Waals surface area contributed by atoms with Crippen molar-refractivity contribution in [2.24, 2.45) is 0 Å². The number of nitrogens with zero attached hydrogens (tertiary/aromatic N) is 4. The fraction of sp³-hybridized carbons (Fsp3) is 0.258. The zero-order chi connectivity index (χ0) is 31.6. The molecular weight excluding hydrogens is 652 g/mol. The predicted octanol–water partition coefficient (Wildman–Crippen LogP) is 6.79. The van der Waals surface area contributed by atoms with E-state index in [4.69, 9.17) is 16.3 Å². The number of anilines is 1. The summed E-state index contributed by atoms with van der Waals surface area (Å²) in [7, 11) is -3.46. The highest BCUT2D eigenvalue weighted by molar-refractivity contribution is 8.00. The van der Waals surface area contributed by atoms with Crippen LogP contribution in [0.25, 0.3) is 0 Å². The zero-order valence-corrected chi connectivity index (χ0v) is 27.6. The molecule has 0 unspecified atom stereocenters. The molecule has 0 radical (unpaired) electrons. The van der Waals surface area contributed by atoms with Gasteiger partial charge in [0.25, 0.3) is 5.91 Å². The average Bonchev–Trinajstić information content (AvgIpc) is 3.73. The fourth-order valence-corrected chi connectivity index (χ4v) is 7.69. The van der Waals surface area contributed by atoms with Crippen LogP contribution in [-0.4, -0.2) is 45.7 Å². The lowest BCUT2D eigenvalue weighted by Gasteiger charge is -2.14. The molecule has 0 saturated heterocycles. The minimum absolute atomic E-state index is 0.0290. The first-order valence-corrected chi connectivity index (χ1v) is 18.1. The van der Waals surface area contributed by atoms with Gasteiger partial charge in [0.2, 0.25) is 0 Å². The van der Waals surface area contributed by atoms with Gasteiger partial charge in [-0.3, -0.25) is 4.79 Å². The highest BCUT2D eigenvalue weighted by Crippen LogP contribution is 2.30. The third-order valence-corrected chi connectivity index (χ3v) is 10.9. The molecule has 0 saturated carbocycles. The number of carbonyl (C=O) groups is 1. The number of sulfone groups is 1. The van der Waals surface area contributed by atoms with Crippen LogP contribution in [0.4, 0.5) is 5.69 Å². The second kappa shape index (κ2) is 15.5. The summed E-state index contributed by atoms with van der Waals surface area (Å²) in [5, 5.41) is 19.2. The average molecular weight is 683 g/mol. The molecule has 2 N–H and O–H groups in total. The number of halogens is 1. The van der Waals surface area contributed by atoms with Gasteiger partial charge in [-0.1, -0.05) is 54.9 Å². The first kappa shape index (κ1) is 32.6. The Kier molecular flexibility index (Phi) is 11.2. The number of benzene rings is 3. The van der Waals surface area contributed by atoms with Gasteiger partial charge in [-0.2, -0.15) is 0 Å². The standard InChI is InChI=1S/C31H31ClN6O4S3/c1-2-5-25-20-44-31(33-25)43-19-22-6-3-8-23(16-22)30(39)34-27-17-21(9-14-28(27)42-18-29-35-37-38-36-29)7-4-15-45(40,41)26-12-10-24(32)11-13-26/h3,6,8-14,16-17,20H,2,4-5,7,15,18-19H2,1H3,(H,34,39)(H,35,36,37,38). The third kappa shape index (κ3) is 9.36. The number of hydrogen-bond donors (Lipinski definition) is 2. The van der Waals surface area contributed by atoms with Gasteiger partial charge in [0.15, 0.2) is 15.7 Å². The van der Waals surface area contributed by atoms with Crippen molar-refractivity contribution in [3.8, 4) is 5.75 Å². The van der Waals surface area contributed by atoms with Gasteiger partial charge < -0.3 is 10.1 Å². The summed E-state index contributed by atoms with van der Waals surface area (Å²) in [6, 6.07) is 19.0. The van der Waals surface area contributed by atoms with Crippen LogP contribution in [0.5, 0.6) is 5.75 Å². The van der Waals surface area contributed by atoms with Crippen LogP contribution >= 0.6 is 34.7 Å². The molecule has 0 fully saturated rings. The van der Waals surface area contributed by atoms with Crippen LogP contribution in [0.15, 0.2) is 81.3 Å². The second-order valence-electron chi connectivity index (χ2n) is 10.1. The Morgan fingerprint density at radius 2 is 1.91 bits per heavy atom. The van der Waals surface area contributed by atoms with E-state index in [0.717, 1.165) is 34.0 Å². The molecule has 1 amide bonds. The normalized spacial score (nSPS) is 11.4. The maximum absolute atomic E-state index is 13.4. The molecule has 14 heteroatoms. The van der Waals surface area contributed by atoms with Crippen molar-refractivity contribution in [1.82, 2.24) is 25.6 Å². The van der Waals surface area contributed by atoms with Gasteiger partial charge in [-0.05, 0) is 89.3 Å². The van der Waals surface area contributed by atoms with Crippen LogP contribution in [0, 0.1) is 0 Å². The molecule has 10 nitrogen and oxygen atoms in total. The Labute approximate surface area is 274 Å². The first-order chi connectivity index (χ1) is 21.8. The lowest BCUT2D eigenvalue weighted by atomic mass is 10.1. The van der Waals surface area contributed by atoms with Gasteiger partial charge in [0.1, 0.15) is 16.7 Å². The van der Waals surface area contributed by atoms with E-state index < -0.39 is 9.84 Å². The number of nitrogens with one attached hydrogen (secondary N) is 2. The summed E-state index contributed by atoms with van der Waals surface area (Å²) in [6.45, 7) is 2.21. The number of aromatic amines is 1. The number of H-pyrrole nitrogens is 1. The van der Waals surface area contributed by atoms with Gasteiger partial charge in [0, 0.05) is 21.7 Å². The number of thiazole rings is 1. The number of rotatable bonds is 15. The highest BCUT2D eigenvalue weighted by Gasteiger charge is 2.16. The van der Waals surface area contributed by atoms with Crippen molar-refractivity contribution in [1.29, 1.82) is 0 Å². The topological polar surface area (TPSA) is 140 Å². The first-order valence-electron chi connectivity index (χ1n) is 14.2. The number of hydrogen-bond acceptors (Lipinski definition) is 10. The minimum Gasteiger partial charge on any atom is -0.483 e. The molecule has 0 spiro atoms. The molecule has 3 aromatic carbocycles. The molecule has 2 heterocycles. The molecule has 0 aliphatic rings. The van der Waals surface area contributed by atoms with E-state index in [1.54, 1.807) is 53.4 Å². The molecule has 0 bridgehead atoms. The molecule has 0 aliphatic heterocycles. The highest BCUT2D eigenvalue weighted by atomic mass is 35.5. The van der Waals surface area contributed by atoms with Crippen LogP contribution in [0.2, 0.25) is 5.02 Å². The molecule has 5 aromatic rings. The van der Waals surface area contributed by atoms with Crippen LogP contribution in [0.1, 0.15) is 52.8 Å². The third-order valence-electron chi connectivity index (χ3n) is 6.69. The van der Waals surface area contributed by atoms with Crippen molar-refractivity contribution in [3.63, 3.8) is 0 Å². The number of carbonyl (C=O) groups excluding carboxylic acids is 1. The molecule has 0 atom stereocenters. The van der Waals surface area contributed by atoms with Crippen LogP contribution < -0.4 is 10.1 Å². The molecule has 2 aromatic heterocycles. The van der Waals surface area contributed by atoms with E-state index in [2.05, 4.69) is 43.2 Å². The van der Waals surface area contributed by atoms with Gasteiger partial charge in [-0.15, -0.1) is 16.4 Å². The Bertz CT molecular complexity index is 1830. The maximum Gasteiger partial charge on any atom is 0.255 e. The summed E-state index contributed by atoms with van der Waals surface area (Å²) in [5.41, 5.74) is 3.92. The largest absolute Gasteiger partial charge is 0.483 e. The number of aryl methyl sites for hydroxylation is 2. The summed E-state index contributed by atoms with van der Waals surface area (Å²) < 4.78 is 32.5. The molecule has 234 valence electrons. The number of thioether (sulfide) groups is 1. The smallest absolute Gasteiger partial charge is 0.255 e. The number of ether oxygens (including phenoxy) is 1. The zero-order valence-electron chi connectivity index (χ0n) is 24.4. The van der Waals surface area contributed by atoms with Gasteiger partial charge >= 0.3 is 0 Å². The maximum atomic E-state index is 13.4. The number of aromatic nitrogens is 5. The van der Waals surface area contributed by atoms with E-state index in [-0.39, 0.29) is 23.2 Å². The summed E-state index contributed by atoms with van der Waals surface area (Å²) in [5.74, 6) is 1.22. The monoisotopic (exact) mass is 682 g/mol. The van der Waals surface area contributed by atoms with E-state index >= 15 is 0 Å². The van der Waals surface area contributed by atoms with E-state index in [1.165, 1.54) is 12.1 Å². The minimum atomic E-state index is -3.46. The van der Waals surface area contributed by atoms with Crippen molar-refractivity contribution in [2.75, 3.05) is 11.1 Å². The summed E-state index contributed by atoms with van der Waals surface area (Å²) in [6.07, 6.45) is 2.90. The van der Waals surface area contributed by atoms with Crippen molar-refractivity contribution in [3.05, 3.63) is 105 Å². The van der Waals surface area contributed by atoms with Crippen molar-refractivity contribution >= 4 is 56.1 Å². The Balaban J connectivity index is 1.27. The van der Waals surface area contributed by atoms with Gasteiger partial charge in [-0.25, -0.2) is 18.5 Å². The lowest BCUT2D eigenvalue weighted by molar-refractivity contribution is 0.102. The van der Waals surface area contributed by atoms with E-state index in [9.17, 15) is 13.2 Å². The quantitative estimate of drug-likeness (QED) is 0.114.